The van der Waals surface area contributed by atoms with Crippen molar-refractivity contribution in [3.05, 3.63) is 23.8 Å². The van der Waals surface area contributed by atoms with Crippen molar-refractivity contribution in [2.75, 3.05) is 26.9 Å². The summed E-state index contributed by atoms with van der Waals surface area (Å²) >= 11 is 0. The van der Waals surface area contributed by atoms with E-state index in [0.717, 1.165) is 6.42 Å². The van der Waals surface area contributed by atoms with Crippen LogP contribution in [0.1, 0.15) is 23.7 Å². The van der Waals surface area contributed by atoms with Gasteiger partial charge in [0.05, 0.1) is 13.7 Å². The van der Waals surface area contributed by atoms with Crippen molar-refractivity contribution >= 4 is 5.97 Å². The van der Waals surface area contributed by atoms with Gasteiger partial charge in [0.15, 0.2) is 0 Å². The second-order valence-electron chi connectivity index (χ2n) is 3.63. The Balaban J connectivity index is 2.50. The van der Waals surface area contributed by atoms with Crippen LogP contribution in [0.15, 0.2) is 18.2 Å². The number of aromatic hydroxyl groups is 1. The van der Waals surface area contributed by atoms with Gasteiger partial charge in [-0.1, -0.05) is 6.92 Å². The summed E-state index contributed by atoms with van der Waals surface area (Å²) in [4.78, 5) is 11.7. The Bertz CT molecular complexity index is 389. The molecule has 1 rings (SSSR count). The minimum Gasteiger partial charge on any atom is -0.507 e. The molecular formula is C13H18O5. The molecule has 0 fully saturated rings. The number of carbonyl (C=O) groups is 1. The smallest absolute Gasteiger partial charge is 0.342 e. The Kier molecular flexibility index (Phi) is 6.00. The minimum atomic E-state index is -0.591. The first-order valence-electron chi connectivity index (χ1n) is 5.81. The number of phenolic OH excluding ortho intramolecular Hbond substituents is 1. The molecule has 5 heteroatoms. The standard InChI is InChI=1S/C13H18O5/c1-3-6-17-7-8-18-13(15)11-9-10(16-2)4-5-12(11)14/h4-5,9,14H,3,6-8H2,1-2H3. The van der Waals surface area contributed by atoms with E-state index < -0.39 is 5.97 Å². The predicted molar refractivity (Wildman–Crippen MR) is 66.1 cm³/mol. The van der Waals surface area contributed by atoms with E-state index in [0.29, 0.717) is 19.0 Å². The molecule has 0 unspecified atom stereocenters. The largest absolute Gasteiger partial charge is 0.507 e. The fraction of sp³-hybridized carbons (Fsp3) is 0.462. The lowest BCUT2D eigenvalue weighted by Crippen LogP contribution is -2.11. The van der Waals surface area contributed by atoms with Crippen LogP contribution in [0, 0.1) is 0 Å². The first-order valence-corrected chi connectivity index (χ1v) is 5.81. The predicted octanol–water partition coefficient (Wildman–Crippen LogP) is 1.98. The Morgan fingerprint density at radius 2 is 2.06 bits per heavy atom. The number of rotatable bonds is 7. The average molecular weight is 254 g/mol. The van der Waals surface area contributed by atoms with Crippen molar-refractivity contribution in [1.82, 2.24) is 0 Å². The summed E-state index contributed by atoms with van der Waals surface area (Å²) in [5.74, 6) is -0.233. The molecule has 0 radical (unpaired) electrons. The number of ether oxygens (including phenoxy) is 3. The molecule has 18 heavy (non-hydrogen) atoms. The van der Waals surface area contributed by atoms with Crippen LogP contribution in [0.3, 0.4) is 0 Å². The van der Waals surface area contributed by atoms with E-state index in [4.69, 9.17) is 14.2 Å². The zero-order chi connectivity index (χ0) is 13.4. The lowest BCUT2D eigenvalue weighted by Gasteiger charge is -2.08. The molecule has 0 heterocycles. The second-order valence-corrected chi connectivity index (χ2v) is 3.63. The highest BCUT2D eigenvalue weighted by Crippen LogP contribution is 2.23. The van der Waals surface area contributed by atoms with Crippen LogP contribution in [0.25, 0.3) is 0 Å². The summed E-state index contributed by atoms with van der Waals surface area (Å²) in [6, 6.07) is 4.39. The van der Waals surface area contributed by atoms with E-state index in [1.165, 1.54) is 19.2 Å². The highest BCUT2D eigenvalue weighted by molar-refractivity contribution is 5.92. The van der Waals surface area contributed by atoms with E-state index in [-0.39, 0.29) is 17.9 Å². The maximum atomic E-state index is 11.7. The Labute approximate surface area is 106 Å². The maximum absolute atomic E-state index is 11.7. The molecule has 1 N–H and O–H groups in total. The lowest BCUT2D eigenvalue weighted by atomic mass is 10.2. The van der Waals surface area contributed by atoms with Crippen LogP contribution in [-0.4, -0.2) is 38.0 Å². The normalized spacial score (nSPS) is 10.1. The number of benzene rings is 1. The third-order valence-electron chi connectivity index (χ3n) is 2.23. The topological polar surface area (TPSA) is 65.0 Å². The van der Waals surface area contributed by atoms with Crippen molar-refractivity contribution in [2.45, 2.75) is 13.3 Å². The molecule has 0 aliphatic heterocycles. The van der Waals surface area contributed by atoms with Gasteiger partial charge < -0.3 is 19.3 Å². The molecule has 0 aliphatic rings. The zero-order valence-electron chi connectivity index (χ0n) is 10.6. The molecule has 1 aromatic carbocycles. The van der Waals surface area contributed by atoms with E-state index in [1.54, 1.807) is 6.07 Å². The SMILES string of the molecule is CCCOCCOC(=O)c1cc(OC)ccc1O. The lowest BCUT2D eigenvalue weighted by molar-refractivity contribution is 0.0315. The highest BCUT2D eigenvalue weighted by atomic mass is 16.6. The molecular weight excluding hydrogens is 236 g/mol. The van der Waals surface area contributed by atoms with Gasteiger partial charge in [-0.3, -0.25) is 0 Å². The molecule has 0 atom stereocenters. The average Bonchev–Trinajstić information content (AvgIpc) is 2.39. The van der Waals surface area contributed by atoms with Gasteiger partial charge in [0.1, 0.15) is 23.7 Å². The summed E-state index contributed by atoms with van der Waals surface area (Å²) in [5.41, 5.74) is 0.0878. The third kappa shape index (κ3) is 4.25. The van der Waals surface area contributed by atoms with Crippen LogP contribution in [0.2, 0.25) is 0 Å². The van der Waals surface area contributed by atoms with E-state index in [2.05, 4.69) is 0 Å². The molecule has 0 aliphatic carbocycles. The van der Waals surface area contributed by atoms with Crippen LogP contribution in [-0.2, 0) is 9.47 Å². The number of hydrogen-bond donors (Lipinski definition) is 1. The Morgan fingerprint density at radius 1 is 1.28 bits per heavy atom. The van der Waals surface area contributed by atoms with E-state index in [1.807, 2.05) is 6.92 Å². The maximum Gasteiger partial charge on any atom is 0.342 e. The van der Waals surface area contributed by atoms with Gasteiger partial charge in [0.25, 0.3) is 0 Å². The van der Waals surface area contributed by atoms with Crippen molar-refractivity contribution in [3.8, 4) is 11.5 Å². The molecule has 0 saturated heterocycles. The van der Waals surface area contributed by atoms with E-state index >= 15 is 0 Å². The molecule has 0 aromatic heterocycles. The van der Waals surface area contributed by atoms with Crippen LogP contribution < -0.4 is 4.74 Å². The highest BCUT2D eigenvalue weighted by Gasteiger charge is 2.13. The van der Waals surface area contributed by atoms with Gasteiger partial charge in [-0.2, -0.15) is 0 Å². The first-order chi connectivity index (χ1) is 8.69. The van der Waals surface area contributed by atoms with Gasteiger partial charge in [0.2, 0.25) is 0 Å². The molecule has 0 saturated carbocycles. The summed E-state index contributed by atoms with van der Waals surface area (Å²) in [5, 5.41) is 9.55. The van der Waals surface area contributed by atoms with Crippen molar-refractivity contribution in [2.24, 2.45) is 0 Å². The monoisotopic (exact) mass is 254 g/mol. The van der Waals surface area contributed by atoms with Crippen LogP contribution >= 0.6 is 0 Å². The number of methoxy groups -OCH3 is 1. The number of phenols is 1. The van der Waals surface area contributed by atoms with E-state index in [9.17, 15) is 9.90 Å². The molecule has 5 nitrogen and oxygen atoms in total. The fourth-order valence-electron chi connectivity index (χ4n) is 1.32. The van der Waals surface area contributed by atoms with Gasteiger partial charge in [-0.05, 0) is 24.6 Å². The van der Waals surface area contributed by atoms with Crippen molar-refractivity contribution in [3.63, 3.8) is 0 Å². The quantitative estimate of drug-likeness (QED) is 0.595. The molecule has 0 amide bonds. The molecule has 0 bridgehead atoms. The first kappa shape index (κ1) is 14.3. The van der Waals surface area contributed by atoms with Crippen molar-refractivity contribution < 1.29 is 24.1 Å². The number of carbonyl (C=O) groups excluding carboxylic acids is 1. The second kappa shape index (κ2) is 7.55. The van der Waals surface area contributed by atoms with Crippen molar-refractivity contribution in [1.29, 1.82) is 0 Å². The molecule has 1 aromatic rings. The summed E-state index contributed by atoms with van der Waals surface area (Å²) in [6.07, 6.45) is 0.921. The van der Waals surface area contributed by atoms with Crippen LogP contribution in [0.5, 0.6) is 11.5 Å². The summed E-state index contributed by atoms with van der Waals surface area (Å²) in [6.45, 7) is 3.15. The number of esters is 1. The molecule has 0 spiro atoms. The minimum absolute atomic E-state index is 0.0878. The molecule has 100 valence electrons. The van der Waals surface area contributed by atoms with Gasteiger partial charge in [-0.25, -0.2) is 4.79 Å². The summed E-state index contributed by atoms with van der Waals surface area (Å²) < 4.78 is 15.1. The third-order valence-corrected chi connectivity index (χ3v) is 2.23. The van der Waals surface area contributed by atoms with Gasteiger partial charge in [-0.15, -0.1) is 0 Å². The Hall–Kier alpha value is -1.75. The zero-order valence-corrected chi connectivity index (χ0v) is 10.6. The van der Waals surface area contributed by atoms with Gasteiger partial charge in [0, 0.05) is 6.61 Å². The summed E-state index contributed by atoms with van der Waals surface area (Å²) in [7, 11) is 1.49. The Morgan fingerprint density at radius 3 is 2.72 bits per heavy atom. The van der Waals surface area contributed by atoms with Gasteiger partial charge >= 0.3 is 5.97 Å². The number of hydrogen-bond acceptors (Lipinski definition) is 5. The fourth-order valence-corrected chi connectivity index (χ4v) is 1.32. The van der Waals surface area contributed by atoms with Crippen LogP contribution in [0.4, 0.5) is 0 Å².